The molecule has 0 radical (unpaired) electrons. The van der Waals surface area contributed by atoms with E-state index >= 15 is 0 Å². The highest BCUT2D eigenvalue weighted by Crippen LogP contribution is 2.01. The number of nitrogens with one attached hydrogen (secondary N) is 3. The van der Waals surface area contributed by atoms with Crippen molar-refractivity contribution < 1.29 is 4.79 Å². The van der Waals surface area contributed by atoms with Crippen LogP contribution in [0.2, 0.25) is 0 Å². The molecule has 0 aliphatic carbocycles. The number of rotatable bonds is 9. The van der Waals surface area contributed by atoms with Crippen molar-refractivity contribution in [3.63, 3.8) is 0 Å². The highest BCUT2D eigenvalue weighted by molar-refractivity contribution is 5.45. The molecule has 1 amide bonds. The number of dihydropyridines is 1. The van der Waals surface area contributed by atoms with Gasteiger partial charge in [0.05, 0.1) is 0 Å². The Balaban J connectivity index is 1.95. The summed E-state index contributed by atoms with van der Waals surface area (Å²) in [6.07, 6.45) is 15.7. The number of hydrogen-bond acceptors (Lipinski definition) is 3. The Morgan fingerprint density at radius 2 is 2.28 bits per heavy atom. The lowest BCUT2D eigenvalue weighted by Gasteiger charge is -2.17. The summed E-state index contributed by atoms with van der Waals surface area (Å²) in [6.45, 7) is 2.85. The van der Waals surface area contributed by atoms with Crippen molar-refractivity contribution in [2.75, 3.05) is 6.54 Å². The molecule has 0 saturated carbocycles. The Labute approximate surface area is 109 Å². The minimum atomic E-state index is 0.196. The van der Waals surface area contributed by atoms with Crippen LogP contribution >= 0.6 is 0 Å². The summed E-state index contributed by atoms with van der Waals surface area (Å²) in [6, 6.07) is 0. The number of amides is 1. The van der Waals surface area contributed by atoms with E-state index in [0.29, 0.717) is 0 Å². The van der Waals surface area contributed by atoms with E-state index in [1.165, 1.54) is 5.57 Å². The first kappa shape index (κ1) is 14.4. The number of allylic oxidation sites excluding steroid dienone is 3. The summed E-state index contributed by atoms with van der Waals surface area (Å²) >= 11 is 0. The van der Waals surface area contributed by atoms with Crippen LogP contribution < -0.4 is 16.0 Å². The highest BCUT2D eigenvalue weighted by Gasteiger charge is 2.01. The van der Waals surface area contributed by atoms with Gasteiger partial charge >= 0.3 is 0 Å². The van der Waals surface area contributed by atoms with Crippen LogP contribution in [0.15, 0.2) is 36.2 Å². The quantitative estimate of drug-likeness (QED) is 0.431. The minimum absolute atomic E-state index is 0.196. The second kappa shape index (κ2) is 9.33. The Hall–Kier alpha value is -1.71. The van der Waals surface area contributed by atoms with Crippen LogP contribution in [-0.2, 0) is 4.79 Å². The van der Waals surface area contributed by atoms with E-state index in [1.54, 1.807) is 0 Å². The maximum atomic E-state index is 10.0. The van der Waals surface area contributed by atoms with Crippen LogP contribution in [-0.4, -0.2) is 19.1 Å². The molecule has 0 aromatic carbocycles. The molecule has 0 bridgehead atoms. The minimum Gasteiger partial charge on any atom is -0.368 e. The molecule has 1 heterocycles. The molecule has 18 heavy (non-hydrogen) atoms. The fourth-order valence-electron chi connectivity index (χ4n) is 1.66. The van der Waals surface area contributed by atoms with Crippen molar-refractivity contribution in [2.45, 2.75) is 38.8 Å². The van der Waals surface area contributed by atoms with Gasteiger partial charge in [0.25, 0.3) is 0 Å². The standard InChI is InChI=1S/C14H23N3O/c1-13-7-8-14(17-11-13)16-10-6-4-2-3-5-9-15-12-18/h6-8,10-12,14,16-17H,2-5,9H2,1H3,(H,15,18)/b10-6+. The second-order valence-corrected chi connectivity index (χ2v) is 4.38. The Bertz CT molecular complexity index is 321. The van der Waals surface area contributed by atoms with E-state index in [1.807, 2.05) is 12.4 Å². The van der Waals surface area contributed by atoms with Gasteiger partial charge in [0.15, 0.2) is 0 Å². The molecule has 1 rings (SSSR count). The third-order valence-corrected chi connectivity index (χ3v) is 2.71. The third-order valence-electron chi connectivity index (χ3n) is 2.71. The number of unbranched alkanes of at least 4 members (excludes halogenated alkanes) is 3. The van der Waals surface area contributed by atoms with Gasteiger partial charge in [0.1, 0.15) is 6.17 Å². The fraction of sp³-hybridized carbons (Fsp3) is 0.500. The molecule has 1 atom stereocenters. The molecule has 4 nitrogen and oxygen atoms in total. The zero-order valence-corrected chi connectivity index (χ0v) is 11.0. The van der Waals surface area contributed by atoms with Gasteiger partial charge in [0.2, 0.25) is 6.41 Å². The first-order chi connectivity index (χ1) is 8.83. The van der Waals surface area contributed by atoms with Crippen molar-refractivity contribution in [1.29, 1.82) is 0 Å². The van der Waals surface area contributed by atoms with Crippen molar-refractivity contribution >= 4 is 6.41 Å². The highest BCUT2D eigenvalue weighted by atomic mass is 16.1. The predicted octanol–water partition coefficient (Wildman–Crippen LogP) is 1.79. The molecule has 0 spiro atoms. The van der Waals surface area contributed by atoms with Crippen molar-refractivity contribution in [3.05, 3.63) is 36.2 Å². The lowest BCUT2D eigenvalue weighted by atomic mass is 10.2. The Kier molecular flexibility index (Phi) is 7.44. The average Bonchev–Trinajstić information content (AvgIpc) is 2.39. The lowest BCUT2D eigenvalue weighted by molar-refractivity contribution is -0.109. The topological polar surface area (TPSA) is 53.2 Å². The normalized spacial score (nSPS) is 18.3. The van der Waals surface area contributed by atoms with E-state index in [-0.39, 0.29) is 6.17 Å². The SMILES string of the molecule is CC1=CNC(N/C=C/CCCCCNC=O)C=C1. The summed E-state index contributed by atoms with van der Waals surface area (Å²) in [5.41, 5.74) is 1.24. The van der Waals surface area contributed by atoms with Crippen LogP contribution in [0, 0.1) is 0 Å². The van der Waals surface area contributed by atoms with Gasteiger partial charge < -0.3 is 16.0 Å². The summed E-state index contributed by atoms with van der Waals surface area (Å²) in [5, 5.41) is 9.18. The molecular formula is C14H23N3O. The first-order valence-corrected chi connectivity index (χ1v) is 6.52. The molecular weight excluding hydrogens is 226 g/mol. The number of carbonyl (C=O) groups excluding carboxylic acids is 1. The molecule has 1 aliphatic heterocycles. The van der Waals surface area contributed by atoms with Gasteiger partial charge in [-0.1, -0.05) is 18.6 Å². The zero-order valence-electron chi connectivity index (χ0n) is 11.0. The largest absolute Gasteiger partial charge is 0.368 e. The third kappa shape index (κ3) is 6.78. The summed E-state index contributed by atoms with van der Waals surface area (Å²) in [7, 11) is 0. The summed E-state index contributed by atoms with van der Waals surface area (Å²) in [4.78, 5) is 10.0. The van der Waals surface area contributed by atoms with Crippen LogP contribution in [0.4, 0.5) is 0 Å². The van der Waals surface area contributed by atoms with Gasteiger partial charge in [-0.15, -0.1) is 0 Å². The van der Waals surface area contributed by atoms with E-state index in [9.17, 15) is 4.79 Å². The molecule has 0 aromatic rings. The molecule has 100 valence electrons. The maximum Gasteiger partial charge on any atom is 0.207 e. The van der Waals surface area contributed by atoms with E-state index in [2.05, 4.69) is 41.1 Å². The van der Waals surface area contributed by atoms with Crippen LogP contribution in [0.3, 0.4) is 0 Å². The van der Waals surface area contributed by atoms with E-state index in [4.69, 9.17) is 0 Å². The van der Waals surface area contributed by atoms with Gasteiger partial charge in [-0.25, -0.2) is 0 Å². The number of carbonyl (C=O) groups is 1. The zero-order chi connectivity index (χ0) is 13.1. The summed E-state index contributed by atoms with van der Waals surface area (Å²) in [5.74, 6) is 0. The molecule has 0 fully saturated rings. The van der Waals surface area contributed by atoms with Crippen LogP contribution in [0.25, 0.3) is 0 Å². The van der Waals surface area contributed by atoms with Crippen molar-refractivity contribution in [3.8, 4) is 0 Å². The van der Waals surface area contributed by atoms with Gasteiger partial charge in [0, 0.05) is 12.7 Å². The molecule has 0 saturated heterocycles. The smallest absolute Gasteiger partial charge is 0.207 e. The van der Waals surface area contributed by atoms with Gasteiger partial charge in [-0.05, 0) is 44.0 Å². The first-order valence-electron chi connectivity index (χ1n) is 6.52. The molecule has 3 N–H and O–H groups in total. The van der Waals surface area contributed by atoms with Crippen LogP contribution in [0.1, 0.15) is 32.6 Å². The molecule has 1 unspecified atom stereocenters. The Morgan fingerprint density at radius 1 is 1.39 bits per heavy atom. The summed E-state index contributed by atoms with van der Waals surface area (Å²) < 4.78 is 0. The fourth-order valence-corrected chi connectivity index (χ4v) is 1.66. The monoisotopic (exact) mass is 249 g/mol. The van der Waals surface area contributed by atoms with E-state index < -0.39 is 0 Å². The van der Waals surface area contributed by atoms with Crippen molar-refractivity contribution in [2.24, 2.45) is 0 Å². The predicted molar refractivity (Wildman–Crippen MR) is 74.6 cm³/mol. The molecule has 0 aromatic heterocycles. The number of hydrogen-bond donors (Lipinski definition) is 3. The van der Waals surface area contributed by atoms with Crippen molar-refractivity contribution in [1.82, 2.24) is 16.0 Å². The van der Waals surface area contributed by atoms with Crippen LogP contribution in [0.5, 0.6) is 0 Å². The second-order valence-electron chi connectivity index (χ2n) is 4.38. The maximum absolute atomic E-state index is 10.0. The van der Waals surface area contributed by atoms with Gasteiger partial charge in [-0.2, -0.15) is 0 Å². The average molecular weight is 249 g/mol. The Morgan fingerprint density at radius 3 is 3.00 bits per heavy atom. The molecule has 1 aliphatic rings. The lowest BCUT2D eigenvalue weighted by Crippen LogP contribution is -2.35. The molecule has 4 heteroatoms. The van der Waals surface area contributed by atoms with Gasteiger partial charge in [-0.3, -0.25) is 4.79 Å². The van der Waals surface area contributed by atoms with E-state index in [0.717, 1.165) is 38.6 Å².